The summed E-state index contributed by atoms with van der Waals surface area (Å²) in [5.74, 6) is 0.0987. The van der Waals surface area contributed by atoms with Crippen LogP contribution in [0.3, 0.4) is 0 Å². The number of hydrogen-bond acceptors (Lipinski definition) is 2. The van der Waals surface area contributed by atoms with Crippen molar-refractivity contribution < 1.29 is 4.79 Å². The molecule has 0 amide bonds. The van der Waals surface area contributed by atoms with E-state index in [1.54, 1.807) is 0 Å². The average Bonchev–Trinajstić information content (AvgIpc) is 2.88. The summed E-state index contributed by atoms with van der Waals surface area (Å²) in [7, 11) is -0.507. The highest BCUT2D eigenvalue weighted by Gasteiger charge is 2.15. The van der Waals surface area contributed by atoms with E-state index in [0.717, 1.165) is 23.0 Å². The molecule has 0 aliphatic carbocycles. The maximum absolute atomic E-state index is 12.9. The van der Waals surface area contributed by atoms with Crippen LogP contribution in [-0.2, 0) is 0 Å². The molecule has 0 saturated heterocycles. The predicted octanol–water partition coefficient (Wildman–Crippen LogP) is 5.88. The Labute approximate surface area is 191 Å². The van der Waals surface area contributed by atoms with Gasteiger partial charge in [0.1, 0.15) is 0 Å². The molecule has 0 atom stereocenters. The van der Waals surface area contributed by atoms with E-state index in [1.807, 2.05) is 60.7 Å². The molecule has 158 valence electrons. The van der Waals surface area contributed by atoms with Crippen molar-refractivity contribution in [1.29, 1.82) is 0 Å². The molecule has 0 aliphatic rings. The van der Waals surface area contributed by atoms with Gasteiger partial charge >= 0.3 is 0 Å². The molecule has 0 spiro atoms. The number of rotatable bonds is 9. The van der Waals surface area contributed by atoms with Gasteiger partial charge in [-0.05, 0) is 30.3 Å². The van der Waals surface area contributed by atoms with Crippen LogP contribution in [0.1, 0.15) is 22.3 Å². The molecule has 32 heavy (non-hydrogen) atoms. The average molecular weight is 436 g/mol. The lowest BCUT2D eigenvalue weighted by atomic mass is 10.0. The van der Waals surface area contributed by atoms with Crippen LogP contribution in [0.5, 0.6) is 0 Å². The predicted molar refractivity (Wildman–Crippen MR) is 137 cm³/mol. The molecular weight excluding hydrogens is 409 g/mol. The van der Waals surface area contributed by atoms with Crippen LogP contribution >= 0.6 is 7.92 Å². The summed E-state index contributed by atoms with van der Waals surface area (Å²) in [6.45, 7) is 0.682. The topological polar surface area (TPSA) is 29.4 Å². The molecule has 4 aromatic carbocycles. The Morgan fingerprint density at radius 3 is 1.53 bits per heavy atom. The molecule has 0 fully saturated rings. The summed E-state index contributed by atoms with van der Waals surface area (Å²) >= 11 is 0. The third kappa shape index (κ3) is 5.87. The maximum atomic E-state index is 12.9. The number of aliphatic imine (C=N–C) groups is 1. The van der Waals surface area contributed by atoms with E-state index in [1.165, 1.54) is 10.6 Å². The van der Waals surface area contributed by atoms with E-state index in [0.29, 0.717) is 13.0 Å². The van der Waals surface area contributed by atoms with Gasteiger partial charge in [0.05, 0.1) is 6.42 Å². The molecule has 2 nitrogen and oxygen atoms in total. The van der Waals surface area contributed by atoms with Crippen molar-refractivity contribution in [2.75, 3.05) is 12.7 Å². The van der Waals surface area contributed by atoms with E-state index >= 15 is 0 Å². The zero-order valence-electron chi connectivity index (χ0n) is 18.0. The second-order valence-electron chi connectivity index (χ2n) is 7.48. The van der Waals surface area contributed by atoms with Crippen molar-refractivity contribution in [1.82, 2.24) is 0 Å². The second-order valence-corrected chi connectivity index (χ2v) is 9.82. The van der Waals surface area contributed by atoms with Gasteiger partial charge in [-0.15, -0.1) is 0 Å². The van der Waals surface area contributed by atoms with Gasteiger partial charge in [0.15, 0.2) is 5.78 Å². The lowest BCUT2D eigenvalue weighted by molar-refractivity contribution is 0.100. The summed E-state index contributed by atoms with van der Waals surface area (Å²) in [4.78, 5) is 17.9. The molecule has 0 saturated carbocycles. The van der Waals surface area contributed by atoms with Crippen molar-refractivity contribution in [2.45, 2.75) is 6.42 Å². The molecule has 0 aliphatic heterocycles. The van der Waals surface area contributed by atoms with Crippen molar-refractivity contribution in [3.8, 4) is 0 Å². The summed E-state index contributed by atoms with van der Waals surface area (Å²) in [5.41, 5.74) is 2.60. The first-order valence-corrected chi connectivity index (χ1v) is 12.4. The first-order valence-electron chi connectivity index (χ1n) is 10.9. The molecule has 0 radical (unpaired) electrons. The van der Waals surface area contributed by atoms with Gasteiger partial charge in [0.2, 0.25) is 0 Å². The zero-order valence-corrected chi connectivity index (χ0v) is 18.9. The molecule has 3 heteroatoms. The van der Waals surface area contributed by atoms with Gasteiger partial charge in [-0.3, -0.25) is 9.79 Å². The molecule has 0 N–H and O–H groups in total. The van der Waals surface area contributed by atoms with E-state index < -0.39 is 7.92 Å². The maximum Gasteiger partial charge on any atom is 0.168 e. The Morgan fingerprint density at radius 1 is 0.594 bits per heavy atom. The van der Waals surface area contributed by atoms with E-state index in [2.05, 4.69) is 60.7 Å². The molecule has 0 bridgehead atoms. The van der Waals surface area contributed by atoms with Gasteiger partial charge in [-0.1, -0.05) is 121 Å². The van der Waals surface area contributed by atoms with Crippen LogP contribution < -0.4 is 10.6 Å². The van der Waals surface area contributed by atoms with Crippen molar-refractivity contribution in [3.05, 3.63) is 132 Å². The van der Waals surface area contributed by atoms with Gasteiger partial charge in [-0.2, -0.15) is 0 Å². The van der Waals surface area contributed by atoms with Gasteiger partial charge in [0.25, 0.3) is 0 Å². The second kappa shape index (κ2) is 11.3. The first-order chi connectivity index (χ1) is 15.8. The smallest absolute Gasteiger partial charge is 0.168 e. The van der Waals surface area contributed by atoms with Crippen molar-refractivity contribution in [3.63, 3.8) is 0 Å². The quantitative estimate of drug-likeness (QED) is 0.183. The third-order valence-electron chi connectivity index (χ3n) is 5.29. The highest BCUT2D eigenvalue weighted by atomic mass is 31.1. The van der Waals surface area contributed by atoms with E-state index in [4.69, 9.17) is 4.99 Å². The standard InChI is InChI=1S/C29H26NOP/c31-29(25-15-7-2-8-16-25)23-28(24-13-5-1-6-14-24)30-21-22-32(26-17-9-3-10-18-26)27-19-11-4-12-20-27/h1-20H,21-23H2. The molecule has 0 unspecified atom stereocenters. The van der Waals surface area contributed by atoms with Gasteiger partial charge in [0, 0.05) is 17.8 Å². The summed E-state index contributed by atoms with van der Waals surface area (Å²) in [6, 6.07) is 40.9. The van der Waals surface area contributed by atoms with Crippen LogP contribution in [-0.4, -0.2) is 24.2 Å². The van der Waals surface area contributed by atoms with Crippen molar-refractivity contribution >= 4 is 30.0 Å². The fourth-order valence-corrected chi connectivity index (χ4v) is 5.84. The highest BCUT2D eigenvalue weighted by molar-refractivity contribution is 7.73. The summed E-state index contributed by atoms with van der Waals surface area (Å²) in [5, 5.41) is 2.70. The van der Waals surface area contributed by atoms with Crippen LogP contribution in [0.15, 0.2) is 126 Å². The highest BCUT2D eigenvalue weighted by Crippen LogP contribution is 2.33. The number of Topliss-reactive ketones (excluding diaryl/α,β-unsaturated/α-hetero) is 1. The Hall–Kier alpha value is -3.35. The Morgan fingerprint density at radius 2 is 1.03 bits per heavy atom. The van der Waals surface area contributed by atoms with E-state index in [9.17, 15) is 4.79 Å². The molecule has 0 aromatic heterocycles. The minimum Gasteiger partial charge on any atom is -0.294 e. The first kappa shape index (κ1) is 21.9. The number of ketones is 1. The van der Waals surface area contributed by atoms with Crippen LogP contribution in [0.25, 0.3) is 0 Å². The van der Waals surface area contributed by atoms with Gasteiger partial charge in [-0.25, -0.2) is 0 Å². The molecule has 4 rings (SSSR count). The number of carbonyl (C=O) groups is 1. The number of nitrogens with zero attached hydrogens (tertiary/aromatic N) is 1. The van der Waals surface area contributed by atoms with E-state index in [-0.39, 0.29) is 5.78 Å². The summed E-state index contributed by atoms with van der Waals surface area (Å²) in [6.07, 6.45) is 1.25. The fraction of sp³-hybridized carbons (Fsp3) is 0.103. The van der Waals surface area contributed by atoms with Crippen molar-refractivity contribution in [2.24, 2.45) is 4.99 Å². The molecule has 0 heterocycles. The van der Waals surface area contributed by atoms with Crippen LogP contribution in [0, 0.1) is 0 Å². The van der Waals surface area contributed by atoms with Gasteiger partial charge < -0.3 is 0 Å². The van der Waals surface area contributed by atoms with Crippen LogP contribution in [0.2, 0.25) is 0 Å². The fourth-order valence-electron chi connectivity index (χ4n) is 3.67. The lowest BCUT2D eigenvalue weighted by Crippen LogP contribution is -2.16. The Kier molecular flexibility index (Phi) is 7.74. The number of benzene rings is 4. The number of hydrogen-bond donors (Lipinski definition) is 0. The normalized spacial score (nSPS) is 11.5. The SMILES string of the molecule is O=C(CC(=NCCP(c1ccccc1)c1ccccc1)c1ccccc1)c1ccccc1. The zero-order chi connectivity index (χ0) is 22.0. The largest absolute Gasteiger partial charge is 0.294 e. The monoisotopic (exact) mass is 435 g/mol. The van der Waals surface area contributed by atoms with Crippen LogP contribution in [0.4, 0.5) is 0 Å². The Bertz CT molecular complexity index is 1100. The third-order valence-corrected chi connectivity index (χ3v) is 7.78. The lowest BCUT2D eigenvalue weighted by Gasteiger charge is -2.18. The summed E-state index contributed by atoms with van der Waals surface area (Å²) < 4.78 is 0. The minimum atomic E-state index is -0.507. The molecule has 4 aromatic rings. The molecular formula is C29H26NOP. The Balaban J connectivity index is 1.56. The number of carbonyl (C=O) groups excluding carboxylic acids is 1. The minimum absolute atomic E-state index is 0.0987.